The van der Waals surface area contributed by atoms with Crippen LogP contribution < -0.4 is 5.32 Å². The standard InChI is InChI=1S/C13H25NO2/c1-10(2)12(11-4-5-11)14-7-6-13(3)15-8-9-16-13/h10-12,14H,4-9H2,1-3H3. The van der Waals surface area contributed by atoms with E-state index in [-0.39, 0.29) is 5.79 Å². The van der Waals surface area contributed by atoms with E-state index in [1.807, 2.05) is 6.92 Å². The second-order valence-corrected chi connectivity index (χ2v) is 5.64. The van der Waals surface area contributed by atoms with Gasteiger partial charge >= 0.3 is 0 Å². The van der Waals surface area contributed by atoms with E-state index in [4.69, 9.17) is 9.47 Å². The molecule has 0 aromatic carbocycles. The van der Waals surface area contributed by atoms with Gasteiger partial charge in [0.15, 0.2) is 5.79 Å². The normalized spacial score (nSPS) is 26.2. The molecule has 1 saturated heterocycles. The van der Waals surface area contributed by atoms with Gasteiger partial charge in [0.05, 0.1) is 13.2 Å². The van der Waals surface area contributed by atoms with Crippen LogP contribution in [0.5, 0.6) is 0 Å². The van der Waals surface area contributed by atoms with E-state index >= 15 is 0 Å². The van der Waals surface area contributed by atoms with E-state index in [0.717, 1.165) is 38.0 Å². The van der Waals surface area contributed by atoms with E-state index in [9.17, 15) is 0 Å². The summed E-state index contributed by atoms with van der Waals surface area (Å²) in [5, 5.41) is 3.67. The molecule has 1 atom stereocenters. The largest absolute Gasteiger partial charge is 0.348 e. The number of hydrogen-bond acceptors (Lipinski definition) is 3. The SMILES string of the molecule is CC(C)C(NCCC1(C)OCCO1)C1CC1. The maximum Gasteiger partial charge on any atom is 0.166 e. The fourth-order valence-corrected chi connectivity index (χ4v) is 2.57. The van der Waals surface area contributed by atoms with Gasteiger partial charge in [0, 0.05) is 19.0 Å². The molecule has 1 unspecified atom stereocenters. The predicted molar refractivity (Wildman–Crippen MR) is 64.3 cm³/mol. The van der Waals surface area contributed by atoms with Crippen LogP contribution >= 0.6 is 0 Å². The minimum absolute atomic E-state index is 0.335. The van der Waals surface area contributed by atoms with E-state index in [2.05, 4.69) is 19.2 Å². The zero-order chi connectivity index (χ0) is 11.6. The van der Waals surface area contributed by atoms with E-state index in [1.165, 1.54) is 12.8 Å². The summed E-state index contributed by atoms with van der Waals surface area (Å²) < 4.78 is 11.2. The van der Waals surface area contributed by atoms with E-state index < -0.39 is 0 Å². The molecule has 1 aliphatic heterocycles. The minimum Gasteiger partial charge on any atom is -0.348 e. The van der Waals surface area contributed by atoms with E-state index in [0.29, 0.717) is 6.04 Å². The first-order chi connectivity index (χ1) is 7.61. The van der Waals surface area contributed by atoms with Gasteiger partial charge in [0.1, 0.15) is 0 Å². The first kappa shape index (κ1) is 12.3. The monoisotopic (exact) mass is 227 g/mol. The van der Waals surface area contributed by atoms with Crippen molar-refractivity contribution in [2.75, 3.05) is 19.8 Å². The van der Waals surface area contributed by atoms with Crippen molar-refractivity contribution in [1.29, 1.82) is 0 Å². The molecule has 2 rings (SSSR count). The summed E-state index contributed by atoms with van der Waals surface area (Å²) in [6.45, 7) is 9.14. The number of rotatable bonds is 6. The quantitative estimate of drug-likeness (QED) is 0.754. The summed E-state index contributed by atoms with van der Waals surface area (Å²) in [6.07, 6.45) is 3.75. The van der Waals surface area contributed by atoms with Crippen molar-refractivity contribution in [3.63, 3.8) is 0 Å². The van der Waals surface area contributed by atoms with Gasteiger partial charge < -0.3 is 14.8 Å². The molecule has 0 aromatic heterocycles. The first-order valence-electron chi connectivity index (χ1n) is 6.62. The third-order valence-electron chi connectivity index (χ3n) is 3.71. The van der Waals surface area contributed by atoms with Crippen LogP contribution in [0.2, 0.25) is 0 Å². The maximum atomic E-state index is 5.60. The third kappa shape index (κ3) is 3.19. The van der Waals surface area contributed by atoms with Crippen molar-refractivity contribution in [2.24, 2.45) is 11.8 Å². The van der Waals surface area contributed by atoms with Crippen molar-refractivity contribution in [2.45, 2.75) is 51.9 Å². The summed E-state index contributed by atoms with van der Waals surface area (Å²) in [5.74, 6) is 1.31. The summed E-state index contributed by atoms with van der Waals surface area (Å²) in [7, 11) is 0. The number of nitrogens with one attached hydrogen (secondary N) is 1. The van der Waals surface area contributed by atoms with Crippen molar-refractivity contribution in [3.8, 4) is 0 Å². The molecule has 0 radical (unpaired) electrons. The first-order valence-corrected chi connectivity index (χ1v) is 6.62. The molecular weight excluding hydrogens is 202 g/mol. The molecular formula is C13H25NO2. The number of ether oxygens (including phenoxy) is 2. The fourth-order valence-electron chi connectivity index (χ4n) is 2.57. The summed E-state index contributed by atoms with van der Waals surface area (Å²) in [5.41, 5.74) is 0. The lowest BCUT2D eigenvalue weighted by molar-refractivity contribution is -0.146. The van der Waals surface area contributed by atoms with Crippen LogP contribution in [0.4, 0.5) is 0 Å². The highest BCUT2D eigenvalue weighted by atomic mass is 16.7. The Bertz CT molecular complexity index is 218. The smallest absolute Gasteiger partial charge is 0.166 e. The van der Waals surface area contributed by atoms with Crippen molar-refractivity contribution in [1.82, 2.24) is 5.32 Å². The van der Waals surface area contributed by atoms with Gasteiger partial charge in [0.2, 0.25) is 0 Å². The van der Waals surface area contributed by atoms with E-state index in [1.54, 1.807) is 0 Å². The van der Waals surface area contributed by atoms with Gasteiger partial charge in [-0.25, -0.2) is 0 Å². The average Bonchev–Trinajstić information content (AvgIpc) is 2.96. The Morgan fingerprint density at radius 1 is 1.25 bits per heavy atom. The Morgan fingerprint density at radius 3 is 2.38 bits per heavy atom. The van der Waals surface area contributed by atoms with Crippen molar-refractivity contribution in [3.05, 3.63) is 0 Å². The Balaban J connectivity index is 1.69. The van der Waals surface area contributed by atoms with Crippen molar-refractivity contribution < 1.29 is 9.47 Å². The second-order valence-electron chi connectivity index (χ2n) is 5.64. The molecule has 0 amide bonds. The zero-order valence-corrected chi connectivity index (χ0v) is 10.8. The minimum atomic E-state index is -0.335. The molecule has 1 N–H and O–H groups in total. The van der Waals surface area contributed by atoms with Crippen LogP contribution in [0.3, 0.4) is 0 Å². The fraction of sp³-hybridized carbons (Fsp3) is 1.00. The molecule has 94 valence electrons. The van der Waals surface area contributed by atoms with Crippen LogP contribution in [0, 0.1) is 11.8 Å². The van der Waals surface area contributed by atoms with Crippen LogP contribution in [-0.2, 0) is 9.47 Å². The zero-order valence-electron chi connectivity index (χ0n) is 10.8. The molecule has 3 nitrogen and oxygen atoms in total. The molecule has 2 fully saturated rings. The van der Waals surface area contributed by atoms with Gasteiger partial charge in [-0.2, -0.15) is 0 Å². The Morgan fingerprint density at radius 2 is 1.88 bits per heavy atom. The Hall–Kier alpha value is -0.120. The summed E-state index contributed by atoms with van der Waals surface area (Å²) in [4.78, 5) is 0. The van der Waals surface area contributed by atoms with Crippen LogP contribution in [0.25, 0.3) is 0 Å². The average molecular weight is 227 g/mol. The Labute approximate surface area is 98.9 Å². The van der Waals surface area contributed by atoms with Gasteiger partial charge in [-0.1, -0.05) is 13.8 Å². The predicted octanol–water partition coefficient (Wildman–Crippen LogP) is 2.16. The molecule has 16 heavy (non-hydrogen) atoms. The summed E-state index contributed by atoms with van der Waals surface area (Å²) >= 11 is 0. The molecule has 1 heterocycles. The van der Waals surface area contributed by atoms with Gasteiger partial charge in [-0.05, 0) is 31.6 Å². The summed E-state index contributed by atoms with van der Waals surface area (Å²) in [6, 6.07) is 0.685. The molecule has 0 bridgehead atoms. The van der Waals surface area contributed by atoms with Crippen molar-refractivity contribution >= 4 is 0 Å². The van der Waals surface area contributed by atoms with Gasteiger partial charge in [-0.3, -0.25) is 0 Å². The van der Waals surface area contributed by atoms with Gasteiger partial charge in [-0.15, -0.1) is 0 Å². The topological polar surface area (TPSA) is 30.5 Å². The molecule has 1 aliphatic carbocycles. The maximum absolute atomic E-state index is 5.60. The molecule has 1 saturated carbocycles. The second kappa shape index (κ2) is 5.03. The molecule has 0 aromatic rings. The molecule has 3 heteroatoms. The van der Waals surface area contributed by atoms with Crippen LogP contribution in [0.15, 0.2) is 0 Å². The van der Waals surface area contributed by atoms with Gasteiger partial charge in [0.25, 0.3) is 0 Å². The van der Waals surface area contributed by atoms with Crippen LogP contribution in [-0.4, -0.2) is 31.6 Å². The third-order valence-corrected chi connectivity index (χ3v) is 3.71. The molecule has 2 aliphatic rings. The molecule has 0 spiro atoms. The lowest BCUT2D eigenvalue weighted by Crippen LogP contribution is -2.39. The van der Waals surface area contributed by atoms with Crippen LogP contribution in [0.1, 0.15) is 40.0 Å². The lowest BCUT2D eigenvalue weighted by Gasteiger charge is -2.26. The highest BCUT2D eigenvalue weighted by Crippen LogP contribution is 2.35. The Kier molecular flexibility index (Phi) is 3.88. The lowest BCUT2D eigenvalue weighted by atomic mass is 9.99. The number of hydrogen-bond donors (Lipinski definition) is 1. The highest BCUT2D eigenvalue weighted by molar-refractivity contribution is 4.88. The highest BCUT2D eigenvalue weighted by Gasteiger charge is 2.34.